The van der Waals surface area contributed by atoms with Crippen molar-refractivity contribution in [3.8, 4) is 6.07 Å². The second-order valence-electron chi connectivity index (χ2n) is 3.51. The molecule has 1 aromatic rings. The highest BCUT2D eigenvalue weighted by atomic mass is 15.1. The number of hydrogen-bond acceptors (Lipinski definition) is 4. The van der Waals surface area contributed by atoms with Crippen molar-refractivity contribution >= 4 is 11.5 Å². The summed E-state index contributed by atoms with van der Waals surface area (Å²) in [6, 6.07) is 5.96. The Morgan fingerprint density at radius 1 is 1.67 bits per heavy atom. The summed E-state index contributed by atoms with van der Waals surface area (Å²) >= 11 is 0. The Labute approximate surface area is 90.3 Å². The quantitative estimate of drug-likeness (QED) is 0.809. The fourth-order valence-electron chi connectivity index (χ4n) is 1.42. The largest absolute Gasteiger partial charge is 0.384 e. The van der Waals surface area contributed by atoms with E-state index in [9.17, 15) is 0 Å². The zero-order valence-electron chi connectivity index (χ0n) is 9.14. The zero-order chi connectivity index (χ0) is 11.3. The van der Waals surface area contributed by atoms with Crippen LogP contribution >= 0.6 is 0 Å². The molecule has 1 heterocycles. The first-order valence-electron chi connectivity index (χ1n) is 5.03. The van der Waals surface area contributed by atoms with Gasteiger partial charge in [-0.25, -0.2) is 4.98 Å². The van der Waals surface area contributed by atoms with Gasteiger partial charge in [0.05, 0.1) is 12.0 Å². The van der Waals surface area contributed by atoms with Gasteiger partial charge in [-0.05, 0) is 19.9 Å². The van der Waals surface area contributed by atoms with Crippen molar-refractivity contribution in [3.63, 3.8) is 0 Å². The van der Waals surface area contributed by atoms with Crippen LogP contribution in [0.2, 0.25) is 0 Å². The Morgan fingerprint density at radius 2 is 2.40 bits per heavy atom. The average molecular weight is 204 g/mol. The number of aromatic nitrogens is 1. The van der Waals surface area contributed by atoms with Crippen LogP contribution in [0.4, 0.5) is 11.5 Å². The normalized spacial score (nSPS) is 11.8. The van der Waals surface area contributed by atoms with Gasteiger partial charge in [0.1, 0.15) is 5.82 Å². The Hall–Kier alpha value is -1.76. The van der Waals surface area contributed by atoms with Crippen molar-refractivity contribution < 1.29 is 0 Å². The van der Waals surface area contributed by atoms with E-state index in [1.165, 1.54) is 0 Å². The molecule has 15 heavy (non-hydrogen) atoms. The lowest BCUT2D eigenvalue weighted by molar-refractivity contribution is 0.686. The second kappa shape index (κ2) is 5.20. The monoisotopic (exact) mass is 204 g/mol. The summed E-state index contributed by atoms with van der Waals surface area (Å²) in [6.07, 6.45) is 1.68. The minimum atomic E-state index is 0.0133. The second-order valence-corrected chi connectivity index (χ2v) is 3.51. The molecule has 80 valence electrons. The molecule has 1 unspecified atom stereocenters. The molecule has 0 aliphatic heterocycles. The van der Waals surface area contributed by atoms with Gasteiger partial charge in [-0.15, -0.1) is 0 Å². The van der Waals surface area contributed by atoms with Crippen LogP contribution < -0.4 is 10.6 Å². The van der Waals surface area contributed by atoms with Gasteiger partial charge >= 0.3 is 0 Å². The summed E-state index contributed by atoms with van der Waals surface area (Å²) in [5.41, 5.74) is 6.63. The van der Waals surface area contributed by atoms with Gasteiger partial charge in [-0.3, -0.25) is 0 Å². The molecule has 1 atom stereocenters. The Morgan fingerprint density at radius 3 is 2.93 bits per heavy atom. The fraction of sp³-hybridized carbons (Fsp3) is 0.455. The molecule has 2 N–H and O–H groups in total. The van der Waals surface area contributed by atoms with Crippen LogP contribution in [0.3, 0.4) is 0 Å². The van der Waals surface area contributed by atoms with E-state index in [0.29, 0.717) is 5.82 Å². The van der Waals surface area contributed by atoms with Gasteiger partial charge in [0.25, 0.3) is 0 Å². The van der Waals surface area contributed by atoms with Gasteiger partial charge < -0.3 is 10.6 Å². The minimum Gasteiger partial charge on any atom is -0.384 e. The summed E-state index contributed by atoms with van der Waals surface area (Å²) in [7, 11) is 0. The molecule has 0 radical (unpaired) electrons. The first-order chi connectivity index (χ1) is 7.17. The SMILES string of the molecule is CCN(CC(C)C#N)c1ccnc(N)c1. The molecule has 0 spiro atoms. The average Bonchev–Trinajstić information content (AvgIpc) is 2.25. The van der Waals surface area contributed by atoms with Gasteiger partial charge in [-0.1, -0.05) is 0 Å². The third kappa shape index (κ3) is 3.13. The van der Waals surface area contributed by atoms with Crippen LogP contribution in [0.1, 0.15) is 13.8 Å². The van der Waals surface area contributed by atoms with Gasteiger partial charge in [0.15, 0.2) is 0 Å². The predicted octanol–water partition coefficient (Wildman–Crippen LogP) is 1.65. The number of anilines is 2. The molecule has 1 rings (SSSR count). The predicted molar refractivity (Wildman–Crippen MR) is 61.3 cm³/mol. The Balaban J connectivity index is 2.79. The van der Waals surface area contributed by atoms with Crippen molar-refractivity contribution in [3.05, 3.63) is 18.3 Å². The number of nitrogens with two attached hydrogens (primary N) is 1. The highest BCUT2D eigenvalue weighted by molar-refractivity contribution is 5.52. The molecule has 0 amide bonds. The number of nitrogen functional groups attached to an aromatic ring is 1. The molecule has 0 bridgehead atoms. The van der Waals surface area contributed by atoms with E-state index in [2.05, 4.69) is 22.9 Å². The molecular weight excluding hydrogens is 188 g/mol. The standard InChI is InChI=1S/C11H16N4/c1-3-15(8-9(2)7-12)10-4-5-14-11(13)6-10/h4-6,9H,3,8H2,1-2H3,(H2,13,14). The van der Waals surface area contributed by atoms with Crippen LogP contribution in [0.15, 0.2) is 18.3 Å². The first kappa shape index (κ1) is 11.3. The van der Waals surface area contributed by atoms with Crippen LogP contribution in [0.5, 0.6) is 0 Å². The molecular formula is C11H16N4. The summed E-state index contributed by atoms with van der Waals surface area (Å²) in [4.78, 5) is 6.06. The fourth-order valence-corrected chi connectivity index (χ4v) is 1.42. The van der Waals surface area contributed by atoms with E-state index in [4.69, 9.17) is 11.0 Å². The van der Waals surface area contributed by atoms with E-state index >= 15 is 0 Å². The number of nitriles is 1. The molecule has 0 saturated heterocycles. The lowest BCUT2D eigenvalue weighted by atomic mass is 10.2. The summed E-state index contributed by atoms with van der Waals surface area (Å²) < 4.78 is 0. The molecule has 0 aromatic carbocycles. The van der Waals surface area contributed by atoms with Gasteiger partial charge in [-0.2, -0.15) is 5.26 Å². The third-order valence-electron chi connectivity index (χ3n) is 2.23. The lowest BCUT2D eigenvalue weighted by Crippen LogP contribution is -2.27. The maximum Gasteiger partial charge on any atom is 0.125 e. The number of rotatable bonds is 4. The van der Waals surface area contributed by atoms with Crippen molar-refractivity contribution in [1.82, 2.24) is 4.98 Å². The topological polar surface area (TPSA) is 65.9 Å². The zero-order valence-corrected chi connectivity index (χ0v) is 9.14. The Bertz CT molecular complexity index is 356. The Kier molecular flexibility index (Phi) is 3.92. The summed E-state index contributed by atoms with van der Waals surface area (Å²) in [5, 5.41) is 8.77. The molecule has 4 heteroatoms. The number of pyridine rings is 1. The van der Waals surface area contributed by atoms with E-state index < -0.39 is 0 Å². The number of hydrogen-bond donors (Lipinski definition) is 1. The van der Waals surface area contributed by atoms with E-state index in [-0.39, 0.29) is 5.92 Å². The van der Waals surface area contributed by atoms with Crippen molar-refractivity contribution in [2.24, 2.45) is 5.92 Å². The van der Waals surface area contributed by atoms with Crippen LogP contribution in [-0.2, 0) is 0 Å². The number of nitrogens with zero attached hydrogens (tertiary/aromatic N) is 3. The maximum absolute atomic E-state index is 8.77. The van der Waals surface area contributed by atoms with Gasteiger partial charge in [0, 0.05) is 31.0 Å². The van der Waals surface area contributed by atoms with E-state index in [0.717, 1.165) is 18.8 Å². The highest BCUT2D eigenvalue weighted by Crippen LogP contribution is 2.16. The third-order valence-corrected chi connectivity index (χ3v) is 2.23. The van der Waals surface area contributed by atoms with Crippen molar-refractivity contribution in [2.75, 3.05) is 23.7 Å². The summed E-state index contributed by atoms with van der Waals surface area (Å²) in [6.45, 7) is 5.54. The van der Waals surface area contributed by atoms with Crippen molar-refractivity contribution in [2.45, 2.75) is 13.8 Å². The minimum absolute atomic E-state index is 0.0133. The molecule has 0 saturated carbocycles. The smallest absolute Gasteiger partial charge is 0.125 e. The van der Waals surface area contributed by atoms with Crippen molar-refractivity contribution in [1.29, 1.82) is 5.26 Å². The first-order valence-corrected chi connectivity index (χ1v) is 5.03. The molecule has 0 aliphatic rings. The molecule has 0 fully saturated rings. The summed E-state index contributed by atoms with van der Waals surface area (Å²) in [5.74, 6) is 0.523. The molecule has 4 nitrogen and oxygen atoms in total. The van der Waals surface area contributed by atoms with Gasteiger partial charge in [0.2, 0.25) is 0 Å². The lowest BCUT2D eigenvalue weighted by Gasteiger charge is -2.24. The molecule has 1 aromatic heterocycles. The maximum atomic E-state index is 8.77. The van der Waals surface area contributed by atoms with E-state index in [1.54, 1.807) is 6.20 Å². The van der Waals surface area contributed by atoms with Crippen LogP contribution in [-0.4, -0.2) is 18.1 Å². The highest BCUT2D eigenvalue weighted by Gasteiger charge is 2.08. The van der Waals surface area contributed by atoms with Crippen LogP contribution in [0, 0.1) is 17.2 Å². The molecule has 0 aliphatic carbocycles. The van der Waals surface area contributed by atoms with E-state index in [1.807, 2.05) is 19.1 Å². The van der Waals surface area contributed by atoms with Crippen LogP contribution in [0.25, 0.3) is 0 Å².